The van der Waals surface area contributed by atoms with E-state index in [0.29, 0.717) is 12.5 Å². The number of likely N-dealkylation sites (tertiary alicyclic amines) is 1. The molecule has 26 heavy (non-hydrogen) atoms. The van der Waals surface area contributed by atoms with Crippen LogP contribution in [0.1, 0.15) is 11.5 Å². The van der Waals surface area contributed by atoms with E-state index in [1.807, 2.05) is 36.5 Å². The second-order valence-electron chi connectivity index (χ2n) is 7.05. The van der Waals surface area contributed by atoms with Crippen LogP contribution in [-0.2, 0) is 13.1 Å². The molecule has 0 aromatic carbocycles. The number of aromatic nitrogens is 1. The fraction of sp³-hybridized carbons (Fsp3) is 0.474. The number of nitrogens with zero attached hydrogens (tertiary/aromatic N) is 3. The van der Waals surface area contributed by atoms with Crippen LogP contribution in [0.4, 0.5) is 4.79 Å². The van der Waals surface area contributed by atoms with Crippen LogP contribution in [0, 0.1) is 5.92 Å². The van der Waals surface area contributed by atoms with Gasteiger partial charge in [-0.1, -0.05) is 6.07 Å². The molecule has 1 saturated heterocycles. The van der Waals surface area contributed by atoms with Crippen molar-refractivity contribution >= 4 is 6.03 Å². The van der Waals surface area contributed by atoms with Gasteiger partial charge in [0.05, 0.1) is 18.5 Å². The monoisotopic (exact) mass is 357 g/mol. The summed E-state index contributed by atoms with van der Waals surface area (Å²) in [6.07, 6.45) is 3.43. The standard InChI is InChI=1S/C19H27N5O2/c1-23(2)11-15-12-24(13-16-6-3-4-8-20-16)14-18(15)22-19(25)21-10-17-7-5-9-26-17/h3-9,15,18H,10-14H2,1-2H3,(H2,21,22,25)/t15-,18-/m1/s1. The third-order valence-corrected chi connectivity index (χ3v) is 4.55. The van der Waals surface area contributed by atoms with Crippen LogP contribution >= 0.6 is 0 Å². The zero-order valence-electron chi connectivity index (χ0n) is 15.4. The highest BCUT2D eigenvalue weighted by Gasteiger charge is 2.34. The average Bonchev–Trinajstić information content (AvgIpc) is 3.24. The maximum absolute atomic E-state index is 12.3. The Kier molecular flexibility index (Phi) is 6.25. The molecule has 2 N–H and O–H groups in total. The minimum absolute atomic E-state index is 0.109. The van der Waals surface area contributed by atoms with Gasteiger partial charge in [-0.3, -0.25) is 9.88 Å². The van der Waals surface area contributed by atoms with Crippen LogP contribution in [0.25, 0.3) is 0 Å². The van der Waals surface area contributed by atoms with Gasteiger partial charge in [0.25, 0.3) is 0 Å². The predicted octanol–water partition coefficient (Wildman–Crippen LogP) is 1.54. The lowest BCUT2D eigenvalue weighted by atomic mass is 10.0. The topological polar surface area (TPSA) is 73.6 Å². The lowest BCUT2D eigenvalue weighted by Gasteiger charge is -2.23. The van der Waals surface area contributed by atoms with E-state index in [-0.39, 0.29) is 12.1 Å². The van der Waals surface area contributed by atoms with E-state index in [1.165, 1.54) is 0 Å². The lowest BCUT2D eigenvalue weighted by molar-refractivity contribution is 0.229. The van der Waals surface area contributed by atoms with Gasteiger partial charge in [-0.25, -0.2) is 4.79 Å². The van der Waals surface area contributed by atoms with Crippen molar-refractivity contribution in [3.05, 3.63) is 54.2 Å². The van der Waals surface area contributed by atoms with E-state index in [0.717, 1.165) is 37.6 Å². The molecule has 0 bridgehead atoms. The lowest BCUT2D eigenvalue weighted by Crippen LogP contribution is -2.47. The second kappa shape index (κ2) is 8.82. The summed E-state index contributed by atoms with van der Waals surface area (Å²) in [6.45, 7) is 3.89. The first-order chi connectivity index (χ1) is 12.6. The summed E-state index contributed by atoms with van der Waals surface area (Å²) in [5.41, 5.74) is 1.05. The predicted molar refractivity (Wildman–Crippen MR) is 99.4 cm³/mol. The molecule has 7 nitrogen and oxygen atoms in total. The van der Waals surface area contributed by atoms with E-state index in [9.17, 15) is 4.79 Å². The van der Waals surface area contributed by atoms with E-state index in [1.54, 1.807) is 6.26 Å². The van der Waals surface area contributed by atoms with Crippen molar-refractivity contribution in [3.63, 3.8) is 0 Å². The summed E-state index contributed by atoms with van der Waals surface area (Å²) in [7, 11) is 4.13. The first-order valence-corrected chi connectivity index (χ1v) is 8.94. The van der Waals surface area contributed by atoms with Gasteiger partial charge < -0.3 is 20.0 Å². The minimum atomic E-state index is -0.158. The summed E-state index contributed by atoms with van der Waals surface area (Å²) in [4.78, 5) is 21.2. The van der Waals surface area contributed by atoms with Crippen molar-refractivity contribution in [2.45, 2.75) is 19.1 Å². The molecule has 1 fully saturated rings. The maximum Gasteiger partial charge on any atom is 0.315 e. The zero-order valence-corrected chi connectivity index (χ0v) is 15.4. The van der Waals surface area contributed by atoms with Crippen LogP contribution < -0.4 is 10.6 Å². The minimum Gasteiger partial charge on any atom is -0.467 e. The molecule has 3 rings (SSSR count). The van der Waals surface area contributed by atoms with Crippen molar-refractivity contribution in [1.82, 2.24) is 25.4 Å². The van der Waals surface area contributed by atoms with Gasteiger partial charge in [-0.15, -0.1) is 0 Å². The highest BCUT2D eigenvalue weighted by molar-refractivity contribution is 5.74. The number of pyridine rings is 1. The summed E-state index contributed by atoms with van der Waals surface area (Å²) >= 11 is 0. The molecule has 2 amide bonds. The molecule has 0 aliphatic carbocycles. The molecular formula is C19H27N5O2. The van der Waals surface area contributed by atoms with Gasteiger partial charge in [-0.05, 0) is 38.4 Å². The van der Waals surface area contributed by atoms with Gasteiger partial charge in [0.15, 0.2) is 0 Å². The number of urea groups is 1. The van der Waals surface area contributed by atoms with Crippen LogP contribution in [0.15, 0.2) is 47.2 Å². The summed E-state index contributed by atoms with van der Waals surface area (Å²) in [5.74, 6) is 1.12. The highest BCUT2D eigenvalue weighted by Crippen LogP contribution is 2.19. The fourth-order valence-electron chi connectivity index (χ4n) is 3.43. The maximum atomic E-state index is 12.3. The number of carbonyl (C=O) groups excluding carboxylic acids is 1. The largest absolute Gasteiger partial charge is 0.467 e. The Bertz CT molecular complexity index is 675. The van der Waals surface area contributed by atoms with Crippen LogP contribution in [0.3, 0.4) is 0 Å². The van der Waals surface area contributed by atoms with Crippen molar-refractivity contribution < 1.29 is 9.21 Å². The number of hydrogen-bond donors (Lipinski definition) is 2. The third kappa shape index (κ3) is 5.31. The Balaban J connectivity index is 1.55. The Morgan fingerprint density at radius 3 is 2.88 bits per heavy atom. The molecule has 2 atom stereocenters. The van der Waals surface area contributed by atoms with Crippen LogP contribution in [-0.4, -0.2) is 60.6 Å². The number of rotatable bonds is 7. The van der Waals surface area contributed by atoms with E-state index in [2.05, 4.69) is 39.5 Å². The molecule has 0 radical (unpaired) electrons. The molecule has 1 aliphatic heterocycles. The van der Waals surface area contributed by atoms with Gasteiger partial charge >= 0.3 is 6.03 Å². The number of hydrogen-bond acceptors (Lipinski definition) is 5. The van der Waals surface area contributed by atoms with Crippen molar-refractivity contribution in [2.24, 2.45) is 5.92 Å². The molecule has 0 saturated carbocycles. The molecule has 1 aliphatic rings. The van der Waals surface area contributed by atoms with Crippen molar-refractivity contribution in [3.8, 4) is 0 Å². The SMILES string of the molecule is CN(C)C[C@@H]1CN(Cc2ccccn2)C[C@H]1NC(=O)NCc1ccco1. The smallest absolute Gasteiger partial charge is 0.315 e. The van der Waals surface area contributed by atoms with Gasteiger partial charge in [-0.2, -0.15) is 0 Å². The summed E-state index contributed by atoms with van der Waals surface area (Å²) < 4.78 is 5.25. The van der Waals surface area contributed by atoms with E-state index in [4.69, 9.17) is 4.42 Å². The zero-order chi connectivity index (χ0) is 18.4. The van der Waals surface area contributed by atoms with E-state index >= 15 is 0 Å². The number of carbonyl (C=O) groups is 1. The number of nitrogens with one attached hydrogen (secondary N) is 2. The van der Waals surface area contributed by atoms with Crippen LogP contribution in [0.2, 0.25) is 0 Å². The summed E-state index contributed by atoms with van der Waals surface area (Å²) in [6, 6.07) is 9.59. The highest BCUT2D eigenvalue weighted by atomic mass is 16.3. The Hall–Kier alpha value is -2.38. The quantitative estimate of drug-likeness (QED) is 0.786. The molecule has 7 heteroatoms. The second-order valence-corrected chi connectivity index (χ2v) is 7.05. The Morgan fingerprint density at radius 2 is 2.19 bits per heavy atom. The van der Waals surface area contributed by atoms with Gasteiger partial charge in [0, 0.05) is 44.3 Å². The Labute approximate surface area is 154 Å². The first-order valence-electron chi connectivity index (χ1n) is 8.94. The Morgan fingerprint density at radius 1 is 1.31 bits per heavy atom. The molecule has 140 valence electrons. The number of amides is 2. The van der Waals surface area contributed by atoms with Crippen LogP contribution in [0.5, 0.6) is 0 Å². The molecule has 0 unspecified atom stereocenters. The fourth-order valence-corrected chi connectivity index (χ4v) is 3.43. The van der Waals surface area contributed by atoms with Crippen molar-refractivity contribution in [1.29, 1.82) is 0 Å². The normalized spacial score (nSPS) is 20.4. The first kappa shape index (κ1) is 18.4. The number of furan rings is 1. The average molecular weight is 357 g/mol. The molecular weight excluding hydrogens is 330 g/mol. The van der Waals surface area contributed by atoms with Crippen molar-refractivity contribution in [2.75, 3.05) is 33.7 Å². The summed E-state index contributed by atoms with van der Waals surface area (Å²) in [5, 5.41) is 5.99. The molecule has 3 heterocycles. The molecule has 2 aromatic rings. The van der Waals surface area contributed by atoms with Gasteiger partial charge in [0.1, 0.15) is 5.76 Å². The molecule has 2 aromatic heterocycles. The van der Waals surface area contributed by atoms with E-state index < -0.39 is 0 Å². The third-order valence-electron chi connectivity index (χ3n) is 4.55. The van der Waals surface area contributed by atoms with Gasteiger partial charge in [0.2, 0.25) is 0 Å². The molecule has 0 spiro atoms.